The molecule has 0 spiro atoms. The van der Waals surface area contributed by atoms with Gasteiger partial charge in [0, 0.05) is 31.4 Å². The van der Waals surface area contributed by atoms with Crippen molar-refractivity contribution < 1.29 is 14.3 Å². The third-order valence-corrected chi connectivity index (χ3v) is 4.21. The molecule has 0 heterocycles. The van der Waals surface area contributed by atoms with Crippen LogP contribution in [-0.2, 0) is 20.7 Å². The van der Waals surface area contributed by atoms with Crippen LogP contribution in [0.4, 0.5) is 0 Å². The van der Waals surface area contributed by atoms with E-state index in [-0.39, 0.29) is 24.0 Å². The minimum Gasteiger partial charge on any atom is -0.466 e. The Morgan fingerprint density at radius 3 is 3.00 bits per heavy atom. The molecule has 1 aromatic carbocycles. The number of terminal acetylenes is 1. The van der Waals surface area contributed by atoms with Gasteiger partial charge in [-0.25, -0.2) is 0 Å². The van der Waals surface area contributed by atoms with Gasteiger partial charge < -0.3 is 15.2 Å². The molecule has 1 aliphatic rings. The zero-order valence-corrected chi connectivity index (χ0v) is 13.7. The summed E-state index contributed by atoms with van der Waals surface area (Å²) in [7, 11) is 0. The van der Waals surface area contributed by atoms with Crippen LogP contribution in [0.15, 0.2) is 24.3 Å². The molecular formula is C19H25NO3. The van der Waals surface area contributed by atoms with E-state index in [1.807, 2.05) is 19.1 Å². The molecule has 0 saturated carbocycles. The zero-order valence-electron chi connectivity index (χ0n) is 13.7. The van der Waals surface area contributed by atoms with Gasteiger partial charge >= 0.3 is 5.97 Å². The van der Waals surface area contributed by atoms with Crippen molar-refractivity contribution in [3.8, 4) is 12.3 Å². The number of esters is 1. The standard InChI is InChI=1S/C19H25NO3/c1-3-8-16(20)19-15-10-6-5-9-14(15)13-17(19)23-12-7-11-18(21)22-4-2/h1,5-6,9-10,16-17,19H,4,7-8,11-13,20H2,2H3/t16?,17-,19-/m1/s1. The van der Waals surface area contributed by atoms with Crippen molar-refractivity contribution in [2.75, 3.05) is 13.2 Å². The molecule has 0 radical (unpaired) electrons. The molecule has 1 aromatic rings. The van der Waals surface area contributed by atoms with E-state index in [0.717, 1.165) is 6.42 Å². The number of hydrogen-bond donors (Lipinski definition) is 1. The van der Waals surface area contributed by atoms with Crippen LogP contribution >= 0.6 is 0 Å². The highest BCUT2D eigenvalue weighted by Gasteiger charge is 2.36. The lowest BCUT2D eigenvalue weighted by molar-refractivity contribution is -0.143. The maximum Gasteiger partial charge on any atom is 0.305 e. The fourth-order valence-electron chi connectivity index (χ4n) is 3.21. The second-order valence-corrected chi connectivity index (χ2v) is 5.82. The third-order valence-electron chi connectivity index (χ3n) is 4.21. The molecule has 0 amide bonds. The van der Waals surface area contributed by atoms with E-state index in [1.54, 1.807) is 0 Å². The molecule has 2 rings (SSSR count). The van der Waals surface area contributed by atoms with Crippen molar-refractivity contribution in [1.82, 2.24) is 0 Å². The van der Waals surface area contributed by atoms with Gasteiger partial charge in [0.1, 0.15) is 0 Å². The average molecular weight is 315 g/mol. The van der Waals surface area contributed by atoms with Gasteiger partial charge in [-0.3, -0.25) is 4.79 Å². The maximum absolute atomic E-state index is 11.4. The fourth-order valence-corrected chi connectivity index (χ4v) is 3.21. The first-order valence-corrected chi connectivity index (χ1v) is 8.21. The Hall–Kier alpha value is -1.83. The number of benzene rings is 1. The molecule has 4 nitrogen and oxygen atoms in total. The lowest BCUT2D eigenvalue weighted by Gasteiger charge is -2.25. The van der Waals surface area contributed by atoms with Crippen LogP contribution < -0.4 is 5.73 Å². The highest BCUT2D eigenvalue weighted by molar-refractivity contribution is 5.69. The van der Waals surface area contributed by atoms with Gasteiger partial charge in [0.15, 0.2) is 0 Å². The number of hydrogen-bond acceptors (Lipinski definition) is 4. The topological polar surface area (TPSA) is 61.5 Å². The van der Waals surface area contributed by atoms with E-state index in [9.17, 15) is 4.79 Å². The number of nitrogens with two attached hydrogens (primary N) is 1. The molecule has 0 aromatic heterocycles. The van der Waals surface area contributed by atoms with E-state index < -0.39 is 0 Å². The van der Waals surface area contributed by atoms with Crippen molar-refractivity contribution in [2.24, 2.45) is 5.73 Å². The van der Waals surface area contributed by atoms with Crippen molar-refractivity contribution in [3.63, 3.8) is 0 Å². The summed E-state index contributed by atoms with van der Waals surface area (Å²) in [6.45, 7) is 2.75. The smallest absolute Gasteiger partial charge is 0.305 e. The monoisotopic (exact) mass is 315 g/mol. The minimum atomic E-state index is -0.175. The first-order valence-electron chi connectivity index (χ1n) is 8.21. The van der Waals surface area contributed by atoms with Crippen LogP contribution in [0.1, 0.15) is 43.2 Å². The SMILES string of the molecule is C#CCC(N)[C@H]1c2ccccc2C[C@H]1OCCCC(=O)OCC. The number of rotatable bonds is 8. The van der Waals surface area contributed by atoms with Crippen LogP contribution in [0.3, 0.4) is 0 Å². The normalized spacial score (nSPS) is 20.6. The van der Waals surface area contributed by atoms with Crippen molar-refractivity contribution in [3.05, 3.63) is 35.4 Å². The van der Waals surface area contributed by atoms with Crippen molar-refractivity contribution in [2.45, 2.75) is 50.7 Å². The van der Waals surface area contributed by atoms with Gasteiger partial charge in [-0.05, 0) is 30.9 Å². The Labute approximate surface area is 138 Å². The molecule has 4 heteroatoms. The molecule has 0 saturated heterocycles. The molecule has 0 fully saturated rings. The lowest BCUT2D eigenvalue weighted by atomic mass is 9.90. The highest BCUT2D eigenvalue weighted by Crippen LogP contribution is 2.37. The van der Waals surface area contributed by atoms with Gasteiger partial charge in [0.05, 0.1) is 12.7 Å². The average Bonchev–Trinajstić information content (AvgIpc) is 2.90. The number of fused-ring (bicyclic) bond motifs is 1. The summed E-state index contributed by atoms with van der Waals surface area (Å²) >= 11 is 0. The summed E-state index contributed by atoms with van der Waals surface area (Å²) in [6.07, 6.45) is 7.86. The Kier molecular flexibility index (Phi) is 6.64. The van der Waals surface area contributed by atoms with E-state index in [4.69, 9.17) is 21.6 Å². The molecule has 1 unspecified atom stereocenters. The molecular weight excluding hydrogens is 290 g/mol. The van der Waals surface area contributed by atoms with Gasteiger partial charge in [0.25, 0.3) is 0 Å². The summed E-state index contributed by atoms with van der Waals surface area (Å²) < 4.78 is 11.0. The number of carbonyl (C=O) groups excluding carboxylic acids is 1. The zero-order chi connectivity index (χ0) is 16.7. The number of ether oxygens (including phenoxy) is 2. The maximum atomic E-state index is 11.4. The van der Waals surface area contributed by atoms with Crippen molar-refractivity contribution in [1.29, 1.82) is 0 Å². The van der Waals surface area contributed by atoms with E-state index in [1.165, 1.54) is 11.1 Å². The molecule has 2 N–H and O–H groups in total. The molecule has 124 valence electrons. The summed E-state index contributed by atoms with van der Waals surface area (Å²) in [5.41, 5.74) is 8.81. The highest BCUT2D eigenvalue weighted by atomic mass is 16.5. The lowest BCUT2D eigenvalue weighted by Crippen LogP contribution is -2.35. The Morgan fingerprint density at radius 1 is 1.48 bits per heavy atom. The van der Waals surface area contributed by atoms with Crippen LogP contribution in [0.25, 0.3) is 0 Å². The Morgan fingerprint density at radius 2 is 2.26 bits per heavy atom. The summed E-state index contributed by atoms with van der Waals surface area (Å²) in [5.74, 6) is 2.59. The van der Waals surface area contributed by atoms with Gasteiger partial charge in [-0.15, -0.1) is 12.3 Å². The molecule has 23 heavy (non-hydrogen) atoms. The molecule has 0 bridgehead atoms. The Bertz CT molecular complexity index is 564. The number of carbonyl (C=O) groups is 1. The Balaban J connectivity index is 1.93. The second-order valence-electron chi connectivity index (χ2n) is 5.82. The summed E-state index contributed by atoms with van der Waals surface area (Å²) in [4.78, 5) is 11.4. The molecule has 0 aliphatic heterocycles. The van der Waals surface area contributed by atoms with Gasteiger partial charge in [-0.1, -0.05) is 24.3 Å². The van der Waals surface area contributed by atoms with E-state index in [2.05, 4.69) is 18.1 Å². The third kappa shape index (κ3) is 4.57. The van der Waals surface area contributed by atoms with Gasteiger partial charge in [0.2, 0.25) is 0 Å². The molecule has 1 aliphatic carbocycles. The summed E-state index contributed by atoms with van der Waals surface area (Å²) in [6, 6.07) is 8.17. The fraction of sp³-hybridized carbons (Fsp3) is 0.526. The first kappa shape index (κ1) is 17.5. The van der Waals surface area contributed by atoms with Crippen molar-refractivity contribution >= 4 is 5.97 Å². The largest absolute Gasteiger partial charge is 0.466 e. The minimum absolute atomic E-state index is 0.0259. The molecule has 3 atom stereocenters. The first-order chi connectivity index (χ1) is 11.2. The van der Waals surface area contributed by atoms with E-state index in [0.29, 0.717) is 32.5 Å². The second kappa shape index (κ2) is 8.71. The predicted molar refractivity (Wildman–Crippen MR) is 89.9 cm³/mol. The quantitative estimate of drug-likeness (QED) is 0.454. The van der Waals surface area contributed by atoms with Gasteiger partial charge in [-0.2, -0.15) is 0 Å². The van der Waals surface area contributed by atoms with Crippen LogP contribution in [-0.4, -0.2) is 31.3 Å². The summed E-state index contributed by atoms with van der Waals surface area (Å²) in [5, 5.41) is 0. The van der Waals surface area contributed by atoms with Crippen LogP contribution in [0, 0.1) is 12.3 Å². The van der Waals surface area contributed by atoms with Crippen LogP contribution in [0.2, 0.25) is 0 Å². The van der Waals surface area contributed by atoms with Crippen LogP contribution in [0.5, 0.6) is 0 Å². The predicted octanol–water partition coefficient (Wildman–Crippen LogP) is 2.41. The van der Waals surface area contributed by atoms with E-state index >= 15 is 0 Å².